The number of thiophene rings is 3. The van der Waals surface area contributed by atoms with Crippen LogP contribution in [0.15, 0.2) is 388 Å². The van der Waals surface area contributed by atoms with Crippen molar-refractivity contribution >= 4 is 228 Å². The van der Waals surface area contributed by atoms with Crippen LogP contribution >= 0.6 is 57.2 Å². The van der Waals surface area contributed by atoms with Gasteiger partial charge in [0.15, 0.2) is 0 Å². The molecular formula is C116H83Cl2N5S3. The Balaban J connectivity index is 0.000000143. The van der Waals surface area contributed by atoms with Gasteiger partial charge < -0.3 is 24.3 Å². The molecule has 604 valence electrons. The van der Waals surface area contributed by atoms with Gasteiger partial charge in [-0.1, -0.05) is 242 Å². The standard InChI is InChI=1S/C68H49N3S2.C28H17Cl2N.C20H17NS/c1-42-32-43(2)35-53(34-42)69(61-20-12-18-58-56-16-8-10-22-65(56)72-67(58)61)51-29-26-48-39-60-55-31-30-52(41-64(55)71(63(60)40-49(48)38-51)50-27-24-47(25-28-50)46-14-6-5-7-15-46)70(54-36-44(3)33-45(4)37-54)62-21-13-19-59-57-17-9-11-23-66(57)73-68(59)62;29-22-9-6-20-15-26-25-13-10-23(30)17-28(25)31(27(26)16-21(20)14-22)24-11-7-19(8-12-24)18-4-2-1-3-5-18;1-13-10-14(2)12-15(11-13)21-18-8-5-7-17-16-6-3-4-9-19(16)22-20(17)18/h5-41H,1-4H3;1-17H;3-12,21H,1-2H3. The Hall–Kier alpha value is -14.1. The van der Waals surface area contributed by atoms with E-state index in [1.807, 2.05) is 64.3 Å². The van der Waals surface area contributed by atoms with Crippen molar-refractivity contribution in [1.29, 1.82) is 0 Å². The normalized spacial score (nSPS) is 11.7. The molecule has 24 rings (SSSR count). The Bertz CT molecular complexity index is 8370. The molecule has 0 aliphatic rings. The molecule has 0 aliphatic carbocycles. The number of aryl methyl sites for hydroxylation is 6. The lowest BCUT2D eigenvalue weighted by Crippen LogP contribution is -2.11. The zero-order valence-electron chi connectivity index (χ0n) is 70.2. The van der Waals surface area contributed by atoms with Gasteiger partial charge in [0.1, 0.15) is 0 Å². The van der Waals surface area contributed by atoms with E-state index in [4.69, 9.17) is 23.2 Å². The van der Waals surface area contributed by atoms with E-state index in [1.54, 1.807) is 0 Å². The van der Waals surface area contributed by atoms with Crippen molar-refractivity contribution in [1.82, 2.24) is 9.13 Å². The molecule has 0 unspecified atom stereocenters. The summed E-state index contributed by atoms with van der Waals surface area (Å²) in [6, 6.07) is 141. The number of benzene rings is 19. The summed E-state index contributed by atoms with van der Waals surface area (Å²) in [5.74, 6) is 0. The number of nitrogens with one attached hydrogen (secondary N) is 1. The second kappa shape index (κ2) is 32.2. The van der Waals surface area contributed by atoms with Gasteiger partial charge >= 0.3 is 0 Å². The van der Waals surface area contributed by atoms with Gasteiger partial charge in [-0.3, -0.25) is 0 Å². The van der Waals surface area contributed by atoms with Crippen LogP contribution in [0.3, 0.4) is 0 Å². The number of rotatable bonds is 12. The third-order valence-electron chi connectivity index (χ3n) is 24.4. The van der Waals surface area contributed by atoms with Crippen LogP contribution in [-0.4, -0.2) is 9.13 Å². The van der Waals surface area contributed by atoms with E-state index in [2.05, 4.69) is 424 Å². The molecule has 5 heterocycles. The Morgan fingerprint density at radius 3 is 1.10 bits per heavy atom. The van der Waals surface area contributed by atoms with Crippen molar-refractivity contribution in [2.45, 2.75) is 41.5 Å². The molecule has 5 nitrogen and oxygen atoms in total. The zero-order chi connectivity index (χ0) is 85.0. The second-order valence-electron chi connectivity index (χ2n) is 33.3. The van der Waals surface area contributed by atoms with E-state index in [0.717, 1.165) is 71.8 Å². The first-order chi connectivity index (χ1) is 61.7. The Labute approximate surface area is 753 Å². The lowest BCUT2D eigenvalue weighted by atomic mass is 10.0. The number of fused-ring (bicyclic) bond motifs is 17. The van der Waals surface area contributed by atoms with Crippen LogP contribution in [-0.2, 0) is 0 Å². The molecule has 0 atom stereocenters. The van der Waals surface area contributed by atoms with Crippen LogP contribution in [0.2, 0.25) is 10.0 Å². The summed E-state index contributed by atoms with van der Waals surface area (Å²) >= 11 is 18.3. The number of nitrogens with zero attached hydrogens (tertiary/aromatic N) is 4. The summed E-state index contributed by atoms with van der Waals surface area (Å²) < 4.78 is 12.6. The van der Waals surface area contributed by atoms with Crippen molar-refractivity contribution in [3.63, 3.8) is 0 Å². The molecule has 126 heavy (non-hydrogen) atoms. The molecule has 5 aromatic heterocycles. The molecular weight excluding hydrogens is 1630 g/mol. The van der Waals surface area contributed by atoms with Crippen molar-refractivity contribution in [2.75, 3.05) is 15.1 Å². The van der Waals surface area contributed by atoms with Crippen molar-refractivity contribution < 1.29 is 0 Å². The molecule has 10 heteroatoms. The Morgan fingerprint density at radius 1 is 0.238 bits per heavy atom. The molecule has 0 saturated heterocycles. The van der Waals surface area contributed by atoms with E-state index in [0.29, 0.717) is 0 Å². The van der Waals surface area contributed by atoms with Gasteiger partial charge in [0.05, 0.1) is 53.2 Å². The van der Waals surface area contributed by atoms with Crippen LogP contribution < -0.4 is 15.1 Å². The second-order valence-corrected chi connectivity index (χ2v) is 37.3. The Kier molecular flexibility index (Phi) is 19.9. The monoisotopic (exact) mass is 1710 g/mol. The molecule has 0 saturated carbocycles. The summed E-state index contributed by atoms with van der Waals surface area (Å²) in [6.07, 6.45) is 0. The summed E-state index contributed by atoms with van der Waals surface area (Å²) in [4.78, 5) is 4.96. The molecule has 0 amide bonds. The fourth-order valence-corrected chi connectivity index (χ4v) is 23.0. The molecule has 0 fully saturated rings. The fourth-order valence-electron chi connectivity index (χ4n) is 19.0. The first-order valence-corrected chi connectivity index (χ1v) is 45.9. The highest BCUT2D eigenvalue weighted by Gasteiger charge is 2.25. The fraction of sp³-hybridized carbons (Fsp3) is 0.0517. The Morgan fingerprint density at radius 2 is 0.603 bits per heavy atom. The van der Waals surface area contributed by atoms with Gasteiger partial charge in [0.2, 0.25) is 0 Å². The van der Waals surface area contributed by atoms with Crippen LogP contribution in [0.4, 0.5) is 45.5 Å². The van der Waals surface area contributed by atoms with Crippen LogP contribution in [0.25, 0.3) is 159 Å². The SMILES string of the molecule is Cc1cc(C)cc(N(c2ccc3cc4c5ccc(N(c6cc(C)cc(C)c6)c6cccc7c6sc6ccccc67)cc5n(-c5ccc(-c6ccccc6)cc5)c4cc3c2)c2cccc3c2sc2ccccc23)c1.Cc1cc(C)cc(Nc2cccc3c2sc2ccccc23)c1.Clc1ccc2cc3c4ccc(Cl)cc4n(-c4ccc(-c5ccccc5)cc4)c3cc2c1. The first-order valence-electron chi connectivity index (χ1n) is 42.7. The third kappa shape index (κ3) is 14.4. The lowest BCUT2D eigenvalue weighted by Gasteiger charge is -2.27. The number of hydrogen-bond donors (Lipinski definition) is 1. The van der Waals surface area contributed by atoms with Gasteiger partial charge in [-0.15, -0.1) is 34.0 Å². The van der Waals surface area contributed by atoms with E-state index in [9.17, 15) is 0 Å². The maximum absolute atomic E-state index is 6.41. The molecule has 0 aliphatic heterocycles. The highest BCUT2D eigenvalue weighted by Crippen LogP contribution is 2.51. The summed E-state index contributed by atoms with van der Waals surface area (Å²) in [6.45, 7) is 13.1. The minimum absolute atomic E-state index is 0.727. The molecule has 1 N–H and O–H groups in total. The molecule has 0 spiro atoms. The summed E-state index contributed by atoms with van der Waals surface area (Å²) in [7, 11) is 0. The zero-order valence-corrected chi connectivity index (χ0v) is 74.2. The van der Waals surface area contributed by atoms with Gasteiger partial charge in [-0.25, -0.2) is 0 Å². The largest absolute Gasteiger partial charge is 0.354 e. The summed E-state index contributed by atoms with van der Waals surface area (Å²) in [5, 5.41) is 22.4. The number of hydrogen-bond acceptors (Lipinski definition) is 6. The van der Waals surface area contributed by atoms with Crippen molar-refractivity contribution in [3.8, 4) is 33.6 Å². The number of halogens is 2. The summed E-state index contributed by atoms with van der Waals surface area (Å²) in [5.41, 5.74) is 28.3. The van der Waals surface area contributed by atoms with Crippen LogP contribution in [0.1, 0.15) is 33.4 Å². The van der Waals surface area contributed by atoms with Crippen molar-refractivity contribution in [2.24, 2.45) is 0 Å². The minimum Gasteiger partial charge on any atom is -0.354 e. The van der Waals surface area contributed by atoms with Crippen LogP contribution in [0, 0.1) is 41.5 Å². The number of anilines is 8. The lowest BCUT2D eigenvalue weighted by molar-refractivity contribution is 1.18. The van der Waals surface area contributed by atoms with Gasteiger partial charge in [0, 0.05) is 118 Å². The average Bonchev–Trinajstić information content (AvgIpc) is 1.57. The smallest absolute Gasteiger partial charge is 0.0640 e. The highest BCUT2D eigenvalue weighted by molar-refractivity contribution is 7.27. The van der Waals surface area contributed by atoms with E-state index >= 15 is 0 Å². The van der Waals surface area contributed by atoms with Gasteiger partial charge in [-0.05, 0) is 289 Å². The maximum atomic E-state index is 6.41. The predicted molar refractivity (Wildman–Crippen MR) is 550 cm³/mol. The average molecular weight is 1710 g/mol. The van der Waals surface area contributed by atoms with E-state index < -0.39 is 0 Å². The first kappa shape index (κ1) is 78.0. The quantitative estimate of drug-likeness (QED) is 0.132. The molecule has 19 aromatic carbocycles. The van der Waals surface area contributed by atoms with Crippen LogP contribution in [0.5, 0.6) is 0 Å². The topological polar surface area (TPSA) is 28.4 Å². The molecule has 24 aromatic rings. The number of aromatic nitrogens is 2. The van der Waals surface area contributed by atoms with E-state index in [-0.39, 0.29) is 0 Å². The van der Waals surface area contributed by atoms with Gasteiger partial charge in [-0.2, -0.15) is 0 Å². The predicted octanol–water partition coefficient (Wildman–Crippen LogP) is 35.8. The van der Waals surface area contributed by atoms with E-state index in [1.165, 1.54) is 176 Å². The highest BCUT2D eigenvalue weighted by atomic mass is 35.5. The third-order valence-corrected chi connectivity index (χ3v) is 28.5. The maximum Gasteiger partial charge on any atom is 0.0640 e. The molecule has 0 bridgehead atoms. The van der Waals surface area contributed by atoms with Crippen molar-refractivity contribution in [3.05, 3.63) is 432 Å². The molecule has 0 radical (unpaired) electrons. The van der Waals surface area contributed by atoms with Gasteiger partial charge in [0.25, 0.3) is 0 Å². The minimum atomic E-state index is 0.727.